The zero-order valence-corrected chi connectivity index (χ0v) is 23.7. The van der Waals surface area contributed by atoms with E-state index in [0.29, 0.717) is 6.42 Å². The Morgan fingerprint density at radius 2 is 1.51 bits per heavy atom. The zero-order valence-electron chi connectivity index (χ0n) is 23.7. The molecule has 4 rings (SSSR count). The number of methoxy groups -OCH3 is 3. The van der Waals surface area contributed by atoms with Gasteiger partial charge in [-0.25, -0.2) is 0 Å². The van der Waals surface area contributed by atoms with E-state index in [4.69, 9.17) is 14.2 Å². The molecular formula is C33H42N2O4. The van der Waals surface area contributed by atoms with E-state index in [2.05, 4.69) is 29.2 Å². The van der Waals surface area contributed by atoms with Gasteiger partial charge in [0.2, 0.25) is 5.91 Å². The first-order valence-corrected chi connectivity index (χ1v) is 14.1. The molecule has 39 heavy (non-hydrogen) atoms. The Kier molecular flexibility index (Phi) is 10.7. The van der Waals surface area contributed by atoms with Gasteiger partial charge in [-0.3, -0.25) is 9.69 Å². The molecule has 0 spiro atoms. The highest BCUT2D eigenvalue weighted by atomic mass is 16.5. The molecule has 1 amide bonds. The minimum atomic E-state index is 0.117. The largest absolute Gasteiger partial charge is 0.497 e. The highest BCUT2D eigenvalue weighted by Crippen LogP contribution is 2.33. The van der Waals surface area contributed by atoms with Gasteiger partial charge < -0.3 is 19.1 Å². The summed E-state index contributed by atoms with van der Waals surface area (Å²) < 4.78 is 16.7. The van der Waals surface area contributed by atoms with Crippen molar-refractivity contribution in [3.63, 3.8) is 0 Å². The van der Waals surface area contributed by atoms with Gasteiger partial charge in [-0.2, -0.15) is 0 Å². The van der Waals surface area contributed by atoms with Gasteiger partial charge in [0.15, 0.2) is 11.5 Å². The Labute approximate surface area is 233 Å². The van der Waals surface area contributed by atoms with Gasteiger partial charge >= 0.3 is 0 Å². The molecule has 3 aromatic rings. The number of nitrogens with zero attached hydrogens (tertiary/aromatic N) is 2. The smallest absolute Gasteiger partial charge is 0.231 e. The summed E-state index contributed by atoms with van der Waals surface area (Å²) in [6, 6.07) is 22.2. The van der Waals surface area contributed by atoms with Crippen molar-refractivity contribution >= 4 is 11.6 Å². The number of hydrogen-bond donors (Lipinski definition) is 0. The highest BCUT2D eigenvalue weighted by Gasteiger charge is 2.21. The first kappa shape index (κ1) is 28.5. The van der Waals surface area contributed by atoms with E-state index in [1.165, 1.54) is 19.3 Å². The predicted molar refractivity (Wildman–Crippen MR) is 157 cm³/mol. The quantitative estimate of drug-likeness (QED) is 0.343. The first-order valence-electron chi connectivity index (χ1n) is 14.1. The van der Waals surface area contributed by atoms with E-state index in [1.54, 1.807) is 21.3 Å². The Morgan fingerprint density at radius 1 is 0.769 bits per heavy atom. The van der Waals surface area contributed by atoms with Crippen LogP contribution in [0.25, 0.3) is 0 Å². The fraction of sp³-hybridized carbons (Fsp3) is 0.424. The van der Waals surface area contributed by atoms with Crippen LogP contribution in [0.2, 0.25) is 0 Å². The van der Waals surface area contributed by atoms with Crippen LogP contribution < -0.4 is 19.1 Å². The SMILES string of the molecule is COc1cccc(CC(=O)N2CCCCCCCCN(Cc3cccc(OC)c3OC)Cc3ccccc32)c1. The van der Waals surface area contributed by atoms with Crippen molar-refractivity contribution < 1.29 is 19.0 Å². The van der Waals surface area contributed by atoms with Crippen molar-refractivity contribution in [2.75, 3.05) is 39.3 Å². The number of hydrogen-bond acceptors (Lipinski definition) is 5. The van der Waals surface area contributed by atoms with Gasteiger partial charge in [0, 0.05) is 30.9 Å². The maximum Gasteiger partial charge on any atom is 0.231 e. The minimum absolute atomic E-state index is 0.117. The Balaban J connectivity index is 1.63. The second-order valence-electron chi connectivity index (χ2n) is 10.2. The van der Waals surface area contributed by atoms with Crippen LogP contribution in [0.3, 0.4) is 0 Å². The molecule has 1 heterocycles. The van der Waals surface area contributed by atoms with Crippen LogP contribution in [0.5, 0.6) is 17.2 Å². The minimum Gasteiger partial charge on any atom is -0.497 e. The van der Waals surface area contributed by atoms with Gasteiger partial charge in [-0.05, 0) is 54.8 Å². The number of ether oxygens (including phenoxy) is 3. The molecule has 6 heteroatoms. The summed E-state index contributed by atoms with van der Waals surface area (Å²) in [7, 11) is 5.03. The molecule has 0 bridgehead atoms. The summed E-state index contributed by atoms with van der Waals surface area (Å²) >= 11 is 0. The predicted octanol–water partition coefficient (Wildman–Crippen LogP) is 6.64. The van der Waals surface area contributed by atoms with Crippen molar-refractivity contribution in [2.45, 2.75) is 58.0 Å². The van der Waals surface area contributed by atoms with Gasteiger partial charge in [-0.1, -0.05) is 68.1 Å². The lowest BCUT2D eigenvalue weighted by molar-refractivity contribution is -0.118. The third kappa shape index (κ3) is 7.76. The number of anilines is 1. The third-order valence-electron chi connectivity index (χ3n) is 7.45. The molecule has 0 aliphatic carbocycles. The van der Waals surface area contributed by atoms with Crippen molar-refractivity contribution in [2.24, 2.45) is 0 Å². The maximum atomic E-state index is 13.8. The van der Waals surface area contributed by atoms with E-state index in [0.717, 1.165) is 85.1 Å². The lowest BCUT2D eigenvalue weighted by Gasteiger charge is -2.29. The summed E-state index contributed by atoms with van der Waals surface area (Å²) in [5.74, 6) is 2.42. The van der Waals surface area contributed by atoms with Gasteiger partial charge in [-0.15, -0.1) is 0 Å². The van der Waals surface area contributed by atoms with E-state index < -0.39 is 0 Å². The zero-order chi connectivity index (χ0) is 27.5. The average Bonchev–Trinajstić information content (AvgIpc) is 2.98. The van der Waals surface area contributed by atoms with E-state index in [-0.39, 0.29) is 5.91 Å². The van der Waals surface area contributed by atoms with Crippen molar-refractivity contribution in [3.05, 3.63) is 83.4 Å². The lowest BCUT2D eigenvalue weighted by Crippen LogP contribution is -2.35. The molecule has 208 valence electrons. The Bertz CT molecular complexity index is 1210. The van der Waals surface area contributed by atoms with Crippen LogP contribution in [-0.2, 0) is 24.3 Å². The summed E-state index contributed by atoms with van der Waals surface area (Å²) in [6.45, 7) is 3.20. The van der Waals surface area contributed by atoms with Crippen molar-refractivity contribution in [3.8, 4) is 17.2 Å². The second-order valence-corrected chi connectivity index (χ2v) is 10.2. The van der Waals surface area contributed by atoms with Crippen LogP contribution in [0.1, 0.15) is 55.2 Å². The molecular weight excluding hydrogens is 488 g/mol. The number of carbonyl (C=O) groups excluding carboxylic acids is 1. The molecule has 3 aromatic carbocycles. The topological polar surface area (TPSA) is 51.2 Å². The normalized spacial score (nSPS) is 15.3. The molecule has 6 nitrogen and oxygen atoms in total. The van der Waals surface area contributed by atoms with Crippen LogP contribution in [0, 0.1) is 0 Å². The van der Waals surface area contributed by atoms with E-state index in [1.807, 2.05) is 47.4 Å². The van der Waals surface area contributed by atoms with Gasteiger partial charge in [0.1, 0.15) is 5.75 Å². The molecule has 0 radical (unpaired) electrons. The number of amides is 1. The van der Waals surface area contributed by atoms with Gasteiger partial charge in [0.05, 0.1) is 27.8 Å². The summed E-state index contributed by atoms with van der Waals surface area (Å²) in [5.41, 5.74) is 4.24. The number of benzene rings is 3. The van der Waals surface area contributed by atoms with Crippen LogP contribution in [0.4, 0.5) is 5.69 Å². The van der Waals surface area contributed by atoms with E-state index in [9.17, 15) is 4.79 Å². The highest BCUT2D eigenvalue weighted by molar-refractivity contribution is 5.95. The molecule has 1 aliphatic rings. The second kappa shape index (κ2) is 14.6. The Morgan fingerprint density at radius 3 is 2.28 bits per heavy atom. The number of fused-ring (bicyclic) bond motifs is 1. The van der Waals surface area contributed by atoms with E-state index >= 15 is 0 Å². The average molecular weight is 531 g/mol. The van der Waals surface area contributed by atoms with Crippen molar-refractivity contribution in [1.29, 1.82) is 0 Å². The lowest BCUT2D eigenvalue weighted by atomic mass is 10.1. The monoisotopic (exact) mass is 530 g/mol. The first-order chi connectivity index (χ1) is 19.1. The maximum absolute atomic E-state index is 13.8. The molecule has 0 fully saturated rings. The number of rotatable bonds is 7. The molecule has 0 N–H and O–H groups in total. The molecule has 0 unspecified atom stereocenters. The standard InChI is InChI=1S/C33H42N2O4/c1-37-29-17-12-14-26(22-29)23-32(36)35-21-11-7-5-4-6-10-20-34(24-27-15-8-9-18-30(27)35)25-28-16-13-19-31(38-2)33(28)39-3/h8-9,12-19,22H,4-7,10-11,20-21,23-25H2,1-3H3. The summed E-state index contributed by atoms with van der Waals surface area (Å²) in [4.78, 5) is 18.3. The van der Waals surface area contributed by atoms with Crippen molar-refractivity contribution in [1.82, 2.24) is 4.90 Å². The molecule has 1 aliphatic heterocycles. The fourth-order valence-electron chi connectivity index (χ4n) is 5.43. The van der Waals surface area contributed by atoms with Gasteiger partial charge in [0.25, 0.3) is 0 Å². The number of carbonyl (C=O) groups is 1. The summed E-state index contributed by atoms with van der Waals surface area (Å²) in [6.07, 6.45) is 7.26. The molecule has 0 atom stereocenters. The summed E-state index contributed by atoms with van der Waals surface area (Å²) in [5, 5.41) is 0. The third-order valence-corrected chi connectivity index (χ3v) is 7.45. The van der Waals surface area contributed by atoms with Crippen LogP contribution in [-0.4, -0.2) is 45.2 Å². The number of para-hydroxylation sites is 2. The fourth-order valence-corrected chi connectivity index (χ4v) is 5.43. The molecule has 0 saturated heterocycles. The molecule has 0 aromatic heterocycles. The van der Waals surface area contributed by atoms with Crippen LogP contribution in [0.15, 0.2) is 66.7 Å². The Hall–Kier alpha value is -3.51. The van der Waals surface area contributed by atoms with Crippen LogP contribution >= 0.6 is 0 Å². The molecule has 0 saturated carbocycles.